The van der Waals surface area contributed by atoms with E-state index in [1.807, 2.05) is 13.8 Å². The zero-order chi connectivity index (χ0) is 12.4. The van der Waals surface area contributed by atoms with Crippen LogP contribution in [0, 0.1) is 13.8 Å². The van der Waals surface area contributed by atoms with Crippen LogP contribution in [0.2, 0.25) is 0 Å². The van der Waals surface area contributed by atoms with Crippen LogP contribution in [-0.2, 0) is 4.79 Å². The van der Waals surface area contributed by atoms with Gasteiger partial charge in [0.05, 0.1) is 0 Å². The van der Waals surface area contributed by atoms with Crippen molar-refractivity contribution in [2.45, 2.75) is 53.4 Å². The SMILES string of the molecule is CCCC(=O)CCC.Cc1cccc(C)c1. The first kappa shape index (κ1) is 14.9. The third kappa shape index (κ3) is 8.22. The molecule has 0 unspecified atom stereocenters. The van der Waals surface area contributed by atoms with Gasteiger partial charge in [0, 0.05) is 12.8 Å². The van der Waals surface area contributed by atoms with E-state index in [0.29, 0.717) is 5.78 Å². The van der Waals surface area contributed by atoms with Crippen molar-refractivity contribution in [3.8, 4) is 0 Å². The minimum Gasteiger partial charge on any atom is -0.300 e. The van der Waals surface area contributed by atoms with Gasteiger partial charge in [0.25, 0.3) is 0 Å². The molecule has 0 aliphatic rings. The van der Waals surface area contributed by atoms with Crippen LogP contribution in [0.1, 0.15) is 50.7 Å². The first-order valence-electron chi connectivity index (χ1n) is 6.15. The summed E-state index contributed by atoms with van der Waals surface area (Å²) in [5.41, 5.74) is 2.68. The van der Waals surface area contributed by atoms with Crippen LogP contribution in [0.4, 0.5) is 0 Å². The molecule has 0 aromatic heterocycles. The molecule has 0 aliphatic heterocycles. The van der Waals surface area contributed by atoms with Gasteiger partial charge in [-0.3, -0.25) is 4.79 Å². The largest absolute Gasteiger partial charge is 0.300 e. The average Bonchev–Trinajstić information content (AvgIpc) is 2.18. The van der Waals surface area contributed by atoms with Crippen molar-refractivity contribution < 1.29 is 4.79 Å². The molecule has 0 radical (unpaired) electrons. The molecular formula is C15H24O. The number of hydrogen-bond acceptors (Lipinski definition) is 1. The Morgan fingerprint density at radius 1 is 1.00 bits per heavy atom. The Balaban J connectivity index is 0.000000281. The molecule has 90 valence electrons. The van der Waals surface area contributed by atoms with Crippen molar-refractivity contribution in [3.05, 3.63) is 35.4 Å². The summed E-state index contributed by atoms with van der Waals surface area (Å²) in [6.45, 7) is 8.28. The average molecular weight is 220 g/mol. The molecule has 1 aromatic rings. The number of carbonyl (C=O) groups is 1. The number of aryl methyl sites for hydroxylation is 2. The maximum Gasteiger partial charge on any atom is 0.132 e. The lowest BCUT2D eigenvalue weighted by Gasteiger charge is -1.91. The van der Waals surface area contributed by atoms with Crippen LogP contribution in [0.15, 0.2) is 24.3 Å². The molecule has 1 rings (SSSR count). The predicted molar refractivity (Wildman–Crippen MR) is 70.7 cm³/mol. The third-order valence-electron chi connectivity index (χ3n) is 2.23. The van der Waals surface area contributed by atoms with E-state index in [1.54, 1.807) is 0 Å². The first-order valence-corrected chi connectivity index (χ1v) is 6.15. The van der Waals surface area contributed by atoms with Crippen molar-refractivity contribution >= 4 is 5.78 Å². The van der Waals surface area contributed by atoms with E-state index in [9.17, 15) is 4.79 Å². The summed E-state index contributed by atoms with van der Waals surface area (Å²) in [7, 11) is 0. The van der Waals surface area contributed by atoms with E-state index < -0.39 is 0 Å². The Bertz CT molecular complexity index is 277. The maximum atomic E-state index is 10.6. The molecule has 0 atom stereocenters. The quantitative estimate of drug-likeness (QED) is 0.732. The highest BCUT2D eigenvalue weighted by Gasteiger charge is 1.94. The minimum absolute atomic E-state index is 0.412. The van der Waals surface area contributed by atoms with Gasteiger partial charge < -0.3 is 0 Å². The molecule has 0 bridgehead atoms. The van der Waals surface area contributed by atoms with Gasteiger partial charge in [-0.25, -0.2) is 0 Å². The van der Waals surface area contributed by atoms with Gasteiger partial charge in [-0.1, -0.05) is 49.2 Å². The van der Waals surface area contributed by atoms with Gasteiger partial charge in [-0.2, -0.15) is 0 Å². The molecule has 0 N–H and O–H groups in total. The zero-order valence-corrected chi connectivity index (χ0v) is 11.0. The predicted octanol–water partition coefficient (Wildman–Crippen LogP) is 4.46. The van der Waals surface area contributed by atoms with Crippen LogP contribution in [0.25, 0.3) is 0 Å². The Morgan fingerprint density at radius 2 is 1.44 bits per heavy atom. The number of rotatable bonds is 4. The second kappa shape index (κ2) is 9.14. The maximum absolute atomic E-state index is 10.6. The van der Waals surface area contributed by atoms with Crippen LogP contribution < -0.4 is 0 Å². The molecule has 0 spiro atoms. The lowest BCUT2D eigenvalue weighted by molar-refractivity contribution is -0.119. The molecule has 16 heavy (non-hydrogen) atoms. The van der Waals surface area contributed by atoms with Gasteiger partial charge in [0.15, 0.2) is 0 Å². The molecule has 0 amide bonds. The molecule has 0 saturated carbocycles. The Hall–Kier alpha value is -1.11. The van der Waals surface area contributed by atoms with Gasteiger partial charge in [-0.15, -0.1) is 0 Å². The Morgan fingerprint density at radius 3 is 1.69 bits per heavy atom. The summed E-state index contributed by atoms with van der Waals surface area (Å²) in [4.78, 5) is 10.6. The molecule has 1 nitrogen and oxygen atoms in total. The van der Waals surface area contributed by atoms with E-state index in [4.69, 9.17) is 0 Å². The number of ketones is 1. The van der Waals surface area contributed by atoms with Crippen LogP contribution in [0.5, 0.6) is 0 Å². The summed E-state index contributed by atoms with van der Waals surface area (Å²) in [6.07, 6.45) is 3.54. The second-order valence-corrected chi connectivity index (χ2v) is 4.20. The molecule has 0 saturated heterocycles. The lowest BCUT2D eigenvalue weighted by Crippen LogP contribution is -1.93. The summed E-state index contributed by atoms with van der Waals surface area (Å²) in [6, 6.07) is 8.45. The van der Waals surface area contributed by atoms with Gasteiger partial charge in [0.2, 0.25) is 0 Å². The van der Waals surface area contributed by atoms with Crippen LogP contribution in [0.3, 0.4) is 0 Å². The summed E-state index contributed by atoms with van der Waals surface area (Å²) < 4.78 is 0. The fourth-order valence-corrected chi connectivity index (χ4v) is 1.49. The van der Waals surface area contributed by atoms with Crippen molar-refractivity contribution in [1.82, 2.24) is 0 Å². The molecule has 1 aromatic carbocycles. The van der Waals surface area contributed by atoms with Gasteiger partial charge >= 0.3 is 0 Å². The standard InChI is InChI=1S/C8H10.C7H14O/c1-7-4-3-5-8(2)6-7;1-3-5-7(8)6-4-2/h3-6H,1-2H3;3-6H2,1-2H3. The number of carbonyl (C=O) groups excluding carboxylic acids is 1. The monoisotopic (exact) mass is 220 g/mol. The van der Waals surface area contributed by atoms with E-state index in [0.717, 1.165) is 25.7 Å². The topological polar surface area (TPSA) is 17.1 Å². The summed E-state index contributed by atoms with van der Waals surface area (Å²) in [5, 5.41) is 0. The fraction of sp³-hybridized carbons (Fsp3) is 0.533. The lowest BCUT2D eigenvalue weighted by atomic mass is 10.1. The highest BCUT2D eigenvalue weighted by Crippen LogP contribution is 2.00. The van der Waals surface area contributed by atoms with Crippen LogP contribution >= 0.6 is 0 Å². The molecule has 0 aliphatic carbocycles. The van der Waals surface area contributed by atoms with Crippen molar-refractivity contribution in [1.29, 1.82) is 0 Å². The van der Waals surface area contributed by atoms with E-state index in [-0.39, 0.29) is 0 Å². The fourth-order valence-electron chi connectivity index (χ4n) is 1.49. The number of hydrogen-bond donors (Lipinski definition) is 0. The highest BCUT2D eigenvalue weighted by atomic mass is 16.1. The first-order chi connectivity index (χ1) is 7.60. The van der Waals surface area contributed by atoms with E-state index in [2.05, 4.69) is 38.1 Å². The van der Waals surface area contributed by atoms with Crippen molar-refractivity contribution in [2.24, 2.45) is 0 Å². The molecule has 1 heteroatoms. The number of benzene rings is 1. The Kier molecular flexibility index (Phi) is 8.51. The summed E-state index contributed by atoms with van der Waals surface area (Å²) >= 11 is 0. The van der Waals surface area contributed by atoms with Gasteiger partial charge in [-0.05, 0) is 26.7 Å². The molecular weight excluding hydrogens is 196 g/mol. The van der Waals surface area contributed by atoms with Gasteiger partial charge in [0.1, 0.15) is 5.78 Å². The van der Waals surface area contributed by atoms with Crippen molar-refractivity contribution in [3.63, 3.8) is 0 Å². The smallest absolute Gasteiger partial charge is 0.132 e. The highest BCUT2D eigenvalue weighted by molar-refractivity contribution is 5.78. The van der Waals surface area contributed by atoms with E-state index >= 15 is 0 Å². The normalized spacial score (nSPS) is 9.25. The minimum atomic E-state index is 0.412. The third-order valence-corrected chi connectivity index (χ3v) is 2.23. The number of Topliss-reactive ketones (excluding diaryl/α,β-unsaturated/α-hetero) is 1. The molecule has 0 fully saturated rings. The van der Waals surface area contributed by atoms with E-state index in [1.165, 1.54) is 11.1 Å². The second-order valence-electron chi connectivity index (χ2n) is 4.20. The van der Waals surface area contributed by atoms with Crippen molar-refractivity contribution in [2.75, 3.05) is 0 Å². The van der Waals surface area contributed by atoms with Crippen LogP contribution in [-0.4, -0.2) is 5.78 Å². The zero-order valence-electron chi connectivity index (χ0n) is 11.0. The summed E-state index contributed by atoms with van der Waals surface area (Å²) in [5.74, 6) is 0.412. The molecule has 0 heterocycles. The Labute approximate surface area is 99.9 Å².